The number of amides is 1. The average molecular weight is 544 g/mol. The fraction of sp³-hybridized carbons (Fsp3) is 0.0870. The second-order valence-electron chi connectivity index (χ2n) is 6.92. The topological polar surface area (TPSA) is 82.8 Å². The highest BCUT2D eigenvalue weighted by Crippen LogP contribution is 2.25. The lowest BCUT2D eigenvalue weighted by molar-refractivity contribution is -0.145. The molecule has 1 fully saturated rings. The van der Waals surface area contributed by atoms with Crippen LogP contribution >= 0.6 is 34.8 Å². The van der Waals surface area contributed by atoms with Crippen LogP contribution in [-0.2, 0) is 16.0 Å². The van der Waals surface area contributed by atoms with E-state index in [1.165, 1.54) is 6.08 Å². The molecular formula is C23H17IN2O4S. The molecule has 0 aliphatic carbocycles. The van der Waals surface area contributed by atoms with Gasteiger partial charge in [0, 0.05) is 21.6 Å². The summed E-state index contributed by atoms with van der Waals surface area (Å²) in [7, 11) is 0. The van der Waals surface area contributed by atoms with Gasteiger partial charge in [-0.1, -0.05) is 42.5 Å². The van der Waals surface area contributed by atoms with Gasteiger partial charge in [-0.25, -0.2) is 4.79 Å². The van der Waals surface area contributed by atoms with Crippen molar-refractivity contribution in [2.45, 2.75) is 12.5 Å². The number of rotatable bonds is 6. The number of nitrogens with zero attached hydrogens (tertiary/aromatic N) is 1. The average Bonchev–Trinajstić information content (AvgIpc) is 3.32. The molecule has 1 amide bonds. The molecule has 1 aromatic heterocycles. The molecule has 1 unspecified atom stereocenters. The van der Waals surface area contributed by atoms with Crippen LogP contribution in [0.15, 0.2) is 76.8 Å². The monoisotopic (exact) mass is 544 g/mol. The molecule has 1 saturated heterocycles. The number of carboxylic acids is 1. The SMILES string of the molecule is O=C(O)C(Cc1ccccc1)N1C(=O)/C(=C\c2ccc(-c3ccc(I)cc3)o2)NC1=S. The van der Waals surface area contributed by atoms with Gasteiger partial charge in [-0.05, 0) is 64.6 Å². The number of nitrogens with one attached hydrogen (secondary N) is 1. The van der Waals surface area contributed by atoms with Crippen LogP contribution in [0.5, 0.6) is 0 Å². The molecule has 1 aliphatic heterocycles. The highest BCUT2D eigenvalue weighted by Gasteiger charge is 2.39. The third-order valence-corrected chi connectivity index (χ3v) is 5.84. The van der Waals surface area contributed by atoms with Crippen molar-refractivity contribution in [1.82, 2.24) is 10.2 Å². The molecule has 1 atom stereocenters. The van der Waals surface area contributed by atoms with Gasteiger partial charge in [0.25, 0.3) is 5.91 Å². The smallest absolute Gasteiger partial charge is 0.327 e. The summed E-state index contributed by atoms with van der Waals surface area (Å²) >= 11 is 7.51. The standard InChI is InChI=1S/C23H17IN2O4S/c24-16-8-6-15(7-9-16)20-11-10-17(30-20)13-18-21(27)26(23(31)25-18)19(22(28)29)12-14-4-2-1-3-5-14/h1-11,13,19H,12H2,(H,25,31)(H,28,29)/b18-13+. The van der Waals surface area contributed by atoms with Crippen LogP contribution in [0.1, 0.15) is 11.3 Å². The lowest BCUT2D eigenvalue weighted by atomic mass is 10.0. The summed E-state index contributed by atoms with van der Waals surface area (Å²) in [6.45, 7) is 0. The van der Waals surface area contributed by atoms with Crippen molar-refractivity contribution in [3.63, 3.8) is 0 Å². The third-order valence-electron chi connectivity index (χ3n) is 4.82. The molecular weight excluding hydrogens is 527 g/mol. The summed E-state index contributed by atoms with van der Waals surface area (Å²) in [5.74, 6) is -0.494. The van der Waals surface area contributed by atoms with Crippen molar-refractivity contribution in [3.05, 3.63) is 87.3 Å². The summed E-state index contributed by atoms with van der Waals surface area (Å²) in [5, 5.41) is 12.6. The van der Waals surface area contributed by atoms with E-state index in [0.29, 0.717) is 11.5 Å². The van der Waals surface area contributed by atoms with E-state index in [9.17, 15) is 14.7 Å². The van der Waals surface area contributed by atoms with Crippen molar-refractivity contribution in [2.24, 2.45) is 0 Å². The predicted octanol–water partition coefficient (Wildman–Crippen LogP) is 4.30. The Labute approximate surface area is 197 Å². The Bertz CT molecular complexity index is 1170. The maximum Gasteiger partial charge on any atom is 0.327 e. The van der Waals surface area contributed by atoms with Gasteiger partial charge in [0.2, 0.25) is 0 Å². The van der Waals surface area contributed by atoms with E-state index in [1.54, 1.807) is 6.07 Å². The van der Waals surface area contributed by atoms with Gasteiger partial charge in [0.05, 0.1) is 0 Å². The normalized spacial score (nSPS) is 15.9. The van der Waals surface area contributed by atoms with Gasteiger partial charge in [0.15, 0.2) is 5.11 Å². The quantitative estimate of drug-likeness (QED) is 0.274. The zero-order valence-corrected chi connectivity index (χ0v) is 19.1. The number of benzene rings is 2. The largest absolute Gasteiger partial charge is 0.480 e. The predicted molar refractivity (Wildman–Crippen MR) is 129 cm³/mol. The van der Waals surface area contributed by atoms with Crippen molar-refractivity contribution < 1.29 is 19.1 Å². The summed E-state index contributed by atoms with van der Waals surface area (Å²) < 4.78 is 6.96. The Balaban J connectivity index is 1.56. The summed E-state index contributed by atoms with van der Waals surface area (Å²) in [5.41, 5.74) is 1.89. The molecule has 2 aromatic carbocycles. The highest BCUT2D eigenvalue weighted by molar-refractivity contribution is 14.1. The maximum atomic E-state index is 13.0. The number of carbonyl (C=O) groups excluding carboxylic acids is 1. The Morgan fingerprint density at radius 1 is 1.13 bits per heavy atom. The number of halogens is 1. The van der Waals surface area contributed by atoms with Gasteiger partial charge in [-0.2, -0.15) is 0 Å². The van der Waals surface area contributed by atoms with Crippen molar-refractivity contribution in [1.29, 1.82) is 0 Å². The number of carbonyl (C=O) groups is 2. The first-order valence-electron chi connectivity index (χ1n) is 9.41. The third kappa shape index (κ3) is 4.70. The Morgan fingerprint density at radius 2 is 1.84 bits per heavy atom. The summed E-state index contributed by atoms with van der Waals surface area (Å²) in [4.78, 5) is 26.0. The Morgan fingerprint density at radius 3 is 2.52 bits per heavy atom. The van der Waals surface area contributed by atoms with Crippen LogP contribution in [0, 0.1) is 3.57 Å². The molecule has 2 N–H and O–H groups in total. The molecule has 6 nitrogen and oxygen atoms in total. The molecule has 0 spiro atoms. The van der Waals surface area contributed by atoms with Gasteiger partial charge in [-0.15, -0.1) is 0 Å². The van der Waals surface area contributed by atoms with E-state index >= 15 is 0 Å². The minimum atomic E-state index is -1.12. The van der Waals surface area contributed by atoms with Gasteiger partial charge in [0.1, 0.15) is 23.3 Å². The van der Waals surface area contributed by atoms with Crippen molar-refractivity contribution in [2.75, 3.05) is 0 Å². The van der Waals surface area contributed by atoms with Crippen LogP contribution in [0.4, 0.5) is 0 Å². The number of hydrogen-bond acceptors (Lipinski definition) is 4. The molecule has 0 bridgehead atoms. The first kappa shape index (κ1) is 21.3. The number of furan rings is 1. The number of thiocarbonyl (C=S) groups is 1. The molecule has 0 saturated carbocycles. The fourth-order valence-corrected chi connectivity index (χ4v) is 3.98. The van der Waals surface area contributed by atoms with Gasteiger partial charge >= 0.3 is 5.97 Å². The van der Waals surface area contributed by atoms with Crippen LogP contribution in [0.2, 0.25) is 0 Å². The molecule has 0 radical (unpaired) electrons. The second-order valence-corrected chi connectivity index (χ2v) is 8.55. The first-order valence-corrected chi connectivity index (χ1v) is 10.9. The number of aliphatic carboxylic acids is 1. The maximum absolute atomic E-state index is 13.0. The number of hydrogen-bond donors (Lipinski definition) is 2. The van der Waals surface area contributed by atoms with Gasteiger partial charge < -0.3 is 14.8 Å². The summed E-state index contributed by atoms with van der Waals surface area (Å²) in [6, 6.07) is 19.5. The van der Waals surface area contributed by atoms with E-state index in [4.69, 9.17) is 16.6 Å². The van der Waals surface area contributed by atoms with E-state index in [0.717, 1.165) is 19.6 Å². The molecule has 3 aromatic rings. The second kappa shape index (κ2) is 9.03. The zero-order valence-electron chi connectivity index (χ0n) is 16.1. The van der Waals surface area contributed by atoms with E-state index in [-0.39, 0.29) is 17.2 Å². The molecule has 4 rings (SSSR count). The van der Waals surface area contributed by atoms with Gasteiger partial charge in [-0.3, -0.25) is 9.69 Å². The van der Waals surface area contributed by atoms with E-state index in [2.05, 4.69) is 27.9 Å². The molecule has 2 heterocycles. The Kier molecular flexibility index (Phi) is 6.19. The van der Waals surface area contributed by atoms with Crippen molar-refractivity contribution >= 4 is 57.9 Å². The van der Waals surface area contributed by atoms with Crippen LogP contribution in [0.25, 0.3) is 17.4 Å². The lowest BCUT2D eigenvalue weighted by Gasteiger charge is -2.22. The highest BCUT2D eigenvalue weighted by atomic mass is 127. The van der Waals surface area contributed by atoms with E-state index in [1.807, 2.05) is 60.7 Å². The van der Waals surface area contributed by atoms with Crippen LogP contribution in [-0.4, -0.2) is 33.0 Å². The molecule has 8 heteroatoms. The summed E-state index contributed by atoms with van der Waals surface area (Å²) in [6.07, 6.45) is 1.68. The van der Waals surface area contributed by atoms with Crippen LogP contribution < -0.4 is 5.32 Å². The minimum Gasteiger partial charge on any atom is -0.480 e. The molecule has 156 valence electrons. The Hall–Kier alpha value is -2.98. The molecule has 31 heavy (non-hydrogen) atoms. The molecule has 1 aliphatic rings. The van der Waals surface area contributed by atoms with E-state index < -0.39 is 17.9 Å². The van der Waals surface area contributed by atoms with Crippen molar-refractivity contribution in [3.8, 4) is 11.3 Å². The zero-order chi connectivity index (χ0) is 22.0. The fourth-order valence-electron chi connectivity index (χ4n) is 3.30. The van der Waals surface area contributed by atoms with Crippen LogP contribution in [0.3, 0.4) is 0 Å². The number of carboxylic acid groups (broad SMARTS) is 1. The first-order chi connectivity index (χ1) is 14.9. The lowest BCUT2D eigenvalue weighted by Crippen LogP contribution is -2.46. The minimum absolute atomic E-state index is 0.0593.